The summed E-state index contributed by atoms with van der Waals surface area (Å²) in [6.07, 6.45) is 0. The SMILES string of the molecule is C[C@@H](NCc1cc([N+](=O)[O-])ccc1Cl)c1ccc(F)cc1. The number of halogens is 2. The number of hydrogen-bond acceptors (Lipinski definition) is 3. The molecule has 1 N–H and O–H groups in total. The van der Waals surface area contributed by atoms with Crippen molar-refractivity contribution in [3.63, 3.8) is 0 Å². The molecule has 0 spiro atoms. The molecule has 0 aliphatic rings. The molecule has 6 heteroatoms. The predicted octanol–water partition coefficient (Wildman–Crippen LogP) is 4.24. The van der Waals surface area contributed by atoms with Crippen LogP contribution in [0.3, 0.4) is 0 Å². The Morgan fingerprint density at radius 1 is 1.29 bits per heavy atom. The van der Waals surface area contributed by atoms with Gasteiger partial charge >= 0.3 is 0 Å². The molecule has 2 aromatic rings. The summed E-state index contributed by atoms with van der Waals surface area (Å²) in [4.78, 5) is 10.3. The summed E-state index contributed by atoms with van der Waals surface area (Å²) in [7, 11) is 0. The molecule has 0 fully saturated rings. The topological polar surface area (TPSA) is 55.2 Å². The van der Waals surface area contributed by atoms with E-state index >= 15 is 0 Å². The van der Waals surface area contributed by atoms with Gasteiger partial charge in [-0.1, -0.05) is 23.7 Å². The number of hydrogen-bond donors (Lipinski definition) is 1. The molecule has 110 valence electrons. The van der Waals surface area contributed by atoms with Crippen molar-refractivity contribution in [3.8, 4) is 0 Å². The summed E-state index contributed by atoms with van der Waals surface area (Å²) < 4.78 is 12.9. The summed E-state index contributed by atoms with van der Waals surface area (Å²) in [5.41, 5.74) is 1.59. The number of nitrogens with zero attached hydrogens (tertiary/aromatic N) is 1. The minimum atomic E-state index is -0.455. The lowest BCUT2D eigenvalue weighted by atomic mass is 10.1. The van der Waals surface area contributed by atoms with Gasteiger partial charge < -0.3 is 5.32 Å². The smallest absolute Gasteiger partial charge is 0.269 e. The van der Waals surface area contributed by atoms with Gasteiger partial charge in [0.2, 0.25) is 0 Å². The van der Waals surface area contributed by atoms with Crippen LogP contribution in [0.25, 0.3) is 0 Å². The van der Waals surface area contributed by atoms with E-state index in [9.17, 15) is 14.5 Å². The first-order valence-corrected chi connectivity index (χ1v) is 6.77. The van der Waals surface area contributed by atoms with Gasteiger partial charge in [-0.3, -0.25) is 10.1 Å². The van der Waals surface area contributed by atoms with Crippen LogP contribution < -0.4 is 5.32 Å². The number of nitro groups is 1. The molecule has 0 saturated carbocycles. The summed E-state index contributed by atoms with van der Waals surface area (Å²) in [5, 5.41) is 14.4. The van der Waals surface area contributed by atoms with E-state index in [1.54, 1.807) is 12.1 Å². The van der Waals surface area contributed by atoms with Crippen molar-refractivity contribution >= 4 is 17.3 Å². The highest BCUT2D eigenvalue weighted by Gasteiger charge is 2.11. The van der Waals surface area contributed by atoms with Crippen molar-refractivity contribution in [2.75, 3.05) is 0 Å². The van der Waals surface area contributed by atoms with Gasteiger partial charge in [-0.05, 0) is 36.2 Å². The second kappa shape index (κ2) is 6.65. The lowest BCUT2D eigenvalue weighted by Gasteiger charge is -2.15. The van der Waals surface area contributed by atoms with Crippen LogP contribution in [0.2, 0.25) is 5.02 Å². The van der Waals surface area contributed by atoms with Crippen LogP contribution in [0.5, 0.6) is 0 Å². The summed E-state index contributed by atoms with van der Waals surface area (Å²) in [5.74, 6) is -0.285. The highest BCUT2D eigenvalue weighted by molar-refractivity contribution is 6.31. The van der Waals surface area contributed by atoms with Crippen molar-refractivity contribution < 1.29 is 9.31 Å². The first-order valence-electron chi connectivity index (χ1n) is 6.39. The fourth-order valence-electron chi connectivity index (χ4n) is 1.94. The van der Waals surface area contributed by atoms with Gasteiger partial charge in [0.15, 0.2) is 0 Å². The Morgan fingerprint density at radius 3 is 2.57 bits per heavy atom. The molecule has 0 saturated heterocycles. The van der Waals surface area contributed by atoms with Gasteiger partial charge in [0.25, 0.3) is 5.69 Å². The first-order chi connectivity index (χ1) is 9.97. The molecule has 4 nitrogen and oxygen atoms in total. The second-order valence-corrected chi connectivity index (χ2v) is 5.09. The molecule has 0 aromatic heterocycles. The van der Waals surface area contributed by atoms with Gasteiger partial charge in [-0.15, -0.1) is 0 Å². The van der Waals surface area contributed by atoms with Crippen LogP contribution in [0.1, 0.15) is 24.1 Å². The third kappa shape index (κ3) is 4.00. The fraction of sp³-hybridized carbons (Fsp3) is 0.200. The third-order valence-corrected chi connectivity index (χ3v) is 3.58. The molecule has 0 radical (unpaired) electrons. The lowest BCUT2D eigenvalue weighted by molar-refractivity contribution is -0.384. The lowest BCUT2D eigenvalue weighted by Crippen LogP contribution is -2.18. The van der Waals surface area contributed by atoms with Gasteiger partial charge in [-0.2, -0.15) is 0 Å². The van der Waals surface area contributed by atoms with Gasteiger partial charge in [0.1, 0.15) is 5.82 Å². The summed E-state index contributed by atoms with van der Waals surface area (Å²) >= 11 is 6.04. The van der Waals surface area contributed by atoms with Crippen LogP contribution in [-0.4, -0.2) is 4.92 Å². The third-order valence-electron chi connectivity index (χ3n) is 3.21. The van der Waals surface area contributed by atoms with Gasteiger partial charge in [0.05, 0.1) is 4.92 Å². The average molecular weight is 309 g/mol. The Labute approximate surface area is 126 Å². The predicted molar refractivity (Wildman–Crippen MR) is 79.8 cm³/mol. The molecule has 0 unspecified atom stereocenters. The van der Waals surface area contributed by atoms with Crippen molar-refractivity contribution in [2.45, 2.75) is 19.5 Å². The van der Waals surface area contributed by atoms with Crippen molar-refractivity contribution in [1.82, 2.24) is 5.32 Å². The van der Waals surface area contributed by atoms with E-state index in [4.69, 9.17) is 11.6 Å². The van der Waals surface area contributed by atoms with Crippen LogP contribution in [0.15, 0.2) is 42.5 Å². The zero-order valence-electron chi connectivity index (χ0n) is 11.3. The zero-order valence-corrected chi connectivity index (χ0v) is 12.1. The van der Waals surface area contributed by atoms with Crippen LogP contribution in [0, 0.1) is 15.9 Å². The van der Waals surface area contributed by atoms with Crippen molar-refractivity contribution in [2.24, 2.45) is 0 Å². The van der Waals surface area contributed by atoms with E-state index < -0.39 is 4.92 Å². The Hall–Kier alpha value is -1.98. The molecular formula is C15H14ClFN2O2. The first kappa shape index (κ1) is 15.4. The van der Waals surface area contributed by atoms with E-state index in [2.05, 4.69) is 5.32 Å². The maximum atomic E-state index is 12.9. The average Bonchev–Trinajstić information content (AvgIpc) is 2.46. The van der Waals surface area contributed by atoms with E-state index in [0.717, 1.165) is 5.56 Å². The minimum Gasteiger partial charge on any atom is -0.306 e. The van der Waals surface area contributed by atoms with Crippen LogP contribution in [-0.2, 0) is 6.54 Å². The number of non-ortho nitro benzene ring substituents is 1. The number of nitrogens with one attached hydrogen (secondary N) is 1. The van der Waals surface area contributed by atoms with E-state index in [1.807, 2.05) is 6.92 Å². The van der Waals surface area contributed by atoms with E-state index in [0.29, 0.717) is 17.1 Å². The van der Waals surface area contributed by atoms with Crippen LogP contribution >= 0.6 is 11.6 Å². The highest BCUT2D eigenvalue weighted by Crippen LogP contribution is 2.23. The molecule has 21 heavy (non-hydrogen) atoms. The number of benzene rings is 2. The van der Waals surface area contributed by atoms with Gasteiger partial charge in [-0.25, -0.2) is 4.39 Å². The molecule has 0 heterocycles. The summed E-state index contributed by atoms with van der Waals surface area (Å²) in [6.45, 7) is 2.32. The zero-order chi connectivity index (χ0) is 15.4. The molecule has 0 aliphatic heterocycles. The van der Waals surface area contributed by atoms with Crippen LogP contribution in [0.4, 0.5) is 10.1 Å². The normalized spacial score (nSPS) is 12.1. The molecule has 2 aromatic carbocycles. The maximum absolute atomic E-state index is 12.9. The largest absolute Gasteiger partial charge is 0.306 e. The Kier molecular flexibility index (Phi) is 4.88. The van der Waals surface area contributed by atoms with Crippen molar-refractivity contribution in [1.29, 1.82) is 0 Å². The molecule has 0 bridgehead atoms. The molecule has 0 amide bonds. The monoisotopic (exact) mass is 308 g/mol. The highest BCUT2D eigenvalue weighted by atomic mass is 35.5. The number of nitro benzene ring substituents is 1. The molecule has 2 rings (SSSR count). The fourth-order valence-corrected chi connectivity index (χ4v) is 2.13. The Morgan fingerprint density at radius 2 is 1.95 bits per heavy atom. The second-order valence-electron chi connectivity index (χ2n) is 4.69. The molecular weight excluding hydrogens is 295 g/mol. The maximum Gasteiger partial charge on any atom is 0.269 e. The number of rotatable bonds is 5. The minimum absolute atomic E-state index is 0.00522. The standard InChI is InChI=1S/C15H14ClFN2O2/c1-10(11-2-4-13(17)5-3-11)18-9-12-8-14(19(20)21)6-7-15(12)16/h2-8,10,18H,9H2,1H3/t10-/m1/s1. The Bertz CT molecular complexity index is 647. The van der Waals surface area contributed by atoms with E-state index in [1.165, 1.54) is 30.3 Å². The van der Waals surface area contributed by atoms with Crippen molar-refractivity contribution in [3.05, 3.63) is 74.5 Å². The van der Waals surface area contributed by atoms with E-state index in [-0.39, 0.29) is 17.5 Å². The Balaban J connectivity index is 2.07. The molecule has 0 aliphatic carbocycles. The quantitative estimate of drug-likeness (QED) is 0.664. The van der Waals surface area contributed by atoms with Gasteiger partial charge in [0, 0.05) is 29.7 Å². The summed E-state index contributed by atoms with van der Waals surface area (Å²) in [6, 6.07) is 10.5. The molecule has 1 atom stereocenters.